The van der Waals surface area contributed by atoms with Gasteiger partial charge in [-0.05, 0) is 31.9 Å². The molecular weight excluding hydrogens is 254 g/mol. The zero-order valence-corrected chi connectivity index (χ0v) is 13.0. The molecule has 1 unspecified atom stereocenters. The predicted molar refractivity (Wildman–Crippen MR) is 81.1 cm³/mol. The van der Waals surface area contributed by atoms with Crippen LogP contribution in [0.3, 0.4) is 0 Å². The summed E-state index contributed by atoms with van der Waals surface area (Å²) in [4.78, 5) is 18.4. The Balaban J connectivity index is 3.06. The molecule has 0 bridgehead atoms. The molecule has 1 aromatic heterocycles. The monoisotopic (exact) mass is 279 g/mol. The summed E-state index contributed by atoms with van der Waals surface area (Å²) in [5.41, 5.74) is 1.49. The maximum Gasteiger partial charge on any atom is 0.253 e. The highest BCUT2D eigenvalue weighted by atomic mass is 16.3. The first-order chi connectivity index (χ1) is 9.35. The molecule has 0 fully saturated rings. The Labute approximate surface area is 121 Å². The van der Waals surface area contributed by atoms with E-state index in [-0.39, 0.29) is 11.8 Å². The number of carbonyl (C=O) groups excluding carboxylic acids is 1. The molecule has 0 saturated carbocycles. The van der Waals surface area contributed by atoms with Crippen molar-refractivity contribution in [3.63, 3.8) is 0 Å². The summed E-state index contributed by atoms with van der Waals surface area (Å²) in [6.45, 7) is 8.82. The van der Waals surface area contributed by atoms with Crippen LogP contribution >= 0.6 is 0 Å². The fourth-order valence-electron chi connectivity index (χ4n) is 1.94. The molecule has 0 aliphatic carbocycles. The van der Waals surface area contributed by atoms with E-state index in [1.54, 1.807) is 20.0 Å². The Kier molecular flexibility index (Phi) is 5.95. The van der Waals surface area contributed by atoms with Crippen LogP contribution in [0.2, 0.25) is 0 Å². The van der Waals surface area contributed by atoms with Gasteiger partial charge in [-0.15, -0.1) is 0 Å². The maximum atomic E-state index is 12.4. The van der Waals surface area contributed by atoms with Crippen LogP contribution in [-0.2, 0) is 0 Å². The molecule has 0 spiro atoms. The minimum atomic E-state index is -0.538. The molecule has 1 rings (SSSR count). The number of rotatable bonds is 6. The molecule has 0 saturated heterocycles. The minimum absolute atomic E-state index is 0.102. The molecule has 0 aliphatic rings. The van der Waals surface area contributed by atoms with Crippen LogP contribution in [0, 0.1) is 0 Å². The Bertz CT molecular complexity index is 458. The summed E-state index contributed by atoms with van der Waals surface area (Å²) in [5.74, 6) is 0.865. The lowest BCUT2D eigenvalue weighted by atomic mass is 10.1. The number of aliphatic hydroxyl groups excluding tert-OH is 1. The van der Waals surface area contributed by atoms with Crippen LogP contribution in [0.5, 0.6) is 0 Å². The van der Waals surface area contributed by atoms with Crippen molar-refractivity contribution in [2.45, 2.75) is 39.7 Å². The smallest absolute Gasteiger partial charge is 0.253 e. The standard InChI is InChI=1S/C15H25N3O2/c1-6-16-14-8-12(7-13(17-14)10(2)3)15(20)18(5)9-11(4)19/h7-8,10-11,19H,6,9H2,1-5H3,(H,16,17). The number of anilines is 1. The predicted octanol–water partition coefficient (Wildman–Crippen LogP) is 2.09. The van der Waals surface area contributed by atoms with Gasteiger partial charge in [0, 0.05) is 31.4 Å². The first-order valence-corrected chi connectivity index (χ1v) is 7.04. The Morgan fingerprint density at radius 2 is 2.05 bits per heavy atom. The van der Waals surface area contributed by atoms with E-state index < -0.39 is 6.10 Å². The van der Waals surface area contributed by atoms with E-state index in [1.165, 1.54) is 4.90 Å². The first-order valence-electron chi connectivity index (χ1n) is 7.04. The van der Waals surface area contributed by atoms with Crippen LogP contribution in [-0.4, -0.2) is 47.1 Å². The molecule has 1 heterocycles. The van der Waals surface area contributed by atoms with E-state index in [4.69, 9.17) is 0 Å². The van der Waals surface area contributed by atoms with Gasteiger partial charge in [0.15, 0.2) is 0 Å². The SMILES string of the molecule is CCNc1cc(C(=O)N(C)CC(C)O)cc(C(C)C)n1. The second kappa shape index (κ2) is 7.24. The lowest BCUT2D eigenvalue weighted by Crippen LogP contribution is -2.33. The van der Waals surface area contributed by atoms with Crippen molar-refractivity contribution >= 4 is 11.7 Å². The van der Waals surface area contributed by atoms with E-state index >= 15 is 0 Å². The van der Waals surface area contributed by atoms with Crippen LogP contribution in [0.15, 0.2) is 12.1 Å². The second-order valence-corrected chi connectivity index (χ2v) is 5.39. The molecule has 1 atom stereocenters. The Morgan fingerprint density at radius 1 is 1.40 bits per heavy atom. The van der Waals surface area contributed by atoms with E-state index in [0.29, 0.717) is 17.9 Å². The summed E-state index contributed by atoms with van der Waals surface area (Å²) >= 11 is 0. The molecule has 112 valence electrons. The van der Waals surface area contributed by atoms with Crippen LogP contribution < -0.4 is 5.32 Å². The number of pyridine rings is 1. The average molecular weight is 279 g/mol. The molecule has 5 heteroatoms. The number of carbonyl (C=O) groups is 1. The third-order valence-corrected chi connectivity index (χ3v) is 2.93. The highest BCUT2D eigenvalue weighted by Gasteiger charge is 2.16. The second-order valence-electron chi connectivity index (χ2n) is 5.39. The van der Waals surface area contributed by atoms with Gasteiger partial charge in [-0.25, -0.2) is 4.98 Å². The van der Waals surface area contributed by atoms with Crippen molar-refractivity contribution < 1.29 is 9.90 Å². The van der Waals surface area contributed by atoms with Crippen LogP contribution in [0.4, 0.5) is 5.82 Å². The van der Waals surface area contributed by atoms with Crippen molar-refractivity contribution in [1.29, 1.82) is 0 Å². The van der Waals surface area contributed by atoms with Gasteiger partial charge < -0.3 is 15.3 Å². The summed E-state index contributed by atoms with van der Waals surface area (Å²) < 4.78 is 0. The van der Waals surface area contributed by atoms with Gasteiger partial charge in [-0.3, -0.25) is 4.79 Å². The van der Waals surface area contributed by atoms with E-state index in [2.05, 4.69) is 10.3 Å². The van der Waals surface area contributed by atoms with Crippen LogP contribution in [0.1, 0.15) is 49.7 Å². The number of aliphatic hydroxyl groups is 1. The fourth-order valence-corrected chi connectivity index (χ4v) is 1.94. The van der Waals surface area contributed by atoms with Crippen LogP contribution in [0.25, 0.3) is 0 Å². The maximum absolute atomic E-state index is 12.4. The van der Waals surface area contributed by atoms with E-state index in [1.807, 2.05) is 26.8 Å². The molecule has 1 amide bonds. The Hall–Kier alpha value is -1.62. The van der Waals surface area contributed by atoms with Crippen molar-refractivity contribution in [3.8, 4) is 0 Å². The van der Waals surface area contributed by atoms with Crippen molar-refractivity contribution in [2.24, 2.45) is 0 Å². The number of hydrogen-bond donors (Lipinski definition) is 2. The molecular formula is C15H25N3O2. The van der Waals surface area contributed by atoms with Crippen molar-refractivity contribution in [2.75, 3.05) is 25.5 Å². The molecule has 0 aromatic carbocycles. The average Bonchev–Trinajstić information content (AvgIpc) is 2.37. The van der Waals surface area contributed by atoms with E-state index in [9.17, 15) is 9.90 Å². The Morgan fingerprint density at radius 3 is 2.55 bits per heavy atom. The van der Waals surface area contributed by atoms with Gasteiger partial charge in [0.05, 0.1) is 6.10 Å². The van der Waals surface area contributed by atoms with Gasteiger partial charge >= 0.3 is 0 Å². The van der Waals surface area contributed by atoms with Gasteiger partial charge in [-0.2, -0.15) is 0 Å². The van der Waals surface area contributed by atoms with Gasteiger partial charge in [-0.1, -0.05) is 13.8 Å². The number of nitrogens with zero attached hydrogens (tertiary/aromatic N) is 2. The van der Waals surface area contributed by atoms with E-state index in [0.717, 1.165) is 12.2 Å². The lowest BCUT2D eigenvalue weighted by molar-refractivity contribution is 0.0703. The molecule has 0 radical (unpaired) electrons. The zero-order valence-electron chi connectivity index (χ0n) is 13.0. The van der Waals surface area contributed by atoms with Gasteiger partial charge in [0.2, 0.25) is 0 Å². The summed E-state index contributed by atoms with van der Waals surface area (Å²) in [5, 5.41) is 12.5. The minimum Gasteiger partial charge on any atom is -0.392 e. The summed E-state index contributed by atoms with van der Waals surface area (Å²) in [7, 11) is 1.69. The van der Waals surface area contributed by atoms with Crippen molar-refractivity contribution in [3.05, 3.63) is 23.4 Å². The topological polar surface area (TPSA) is 65.5 Å². The summed E-state index contributed by atoms with van der Waals surface area (Å²) in [6.07, 6.45) is -0.538. The fraction of sp³-hybridized carbons (Fsp3) is 0.600. The normalized spacial score (nSPS) is 12.3. The largest absolute Gasteiger partial charge is 0.392 e. The number of likely N-dealkylation sites (N-methyl/N-ethyl adjacent to an activating group) is 1. The highest BCUT2D eigenvalue weighted by molar-refractivity contribution is 5.94. The summed E-state index contributed by atoms with van der Waals surface area (Å²) in [6, 6.07) is 3.59. The molecule has 0 aliphatic heterocycles. The number of amides is 1. The highest BCUT2D eigenvalue weighted by Crippen LogP contribution is 2.18. The molecule has 5 nitrogen and oxygen atoms in total. The van der Waals surface area contributed by atoms with Gasteiger partial charge in [0.1, 0.15) is 5.82 Å². The van der Waals surface area contributed by atoms with Crippen molar-refractivity contribution in [1.82, 2.24) is 9.88 Å². The number of nitrogens with one attached hydrogen (secondary N) is 1. The number of hydrogen-bond acceptors (Lipinski definition) is 4. The number of aromatic nitrogens is 1. The third-order valence-electron chi connectivity index (χ3n) is 2.93. The van der Waals surface area contributed by atoms with Gasteiger partial charge in [0.25, 0.3) is 5.91 Å². The molecule has 20 heavy (non-hydrogen) atoms. The first kappa shape index (κ1) is 16.4. The third kappa shape index (κ3) is 4.49. The zero-order chi connectivity index (χ0) is 15.3. The molecule has 2 N–H and O–H groups in total. The molecule has 1 aromatic rings. The quantitative estimate of drug-likeness (QED) is 0.837. The lowest BCUT2D eigenvalue weighted by Gasteiger charge is -2.20.